The van der Waals surface area contributed by atoms with E-state index in [1.54, 1.807) is 0 Å². The second kappa shape index (κ2) is 7.13. The highest BCUT2D eigenvalue weighted by atomic mass is 32.2. The van der Waals surface area contributed by atoms with Crippen molar-refractivity contribution in [3.63, 3.8) is 0 Å². The first-order valence-corrected chi connectivity index (χ1v) is 8.51. The van der Waals surface area contributed by atoms with E-state index in [9.17, 15) is 5.11 Å². The Morgan fingerprint density at radius 1 is 1.20 bits per heavy atom. The lowest BCUT2D eigenvalue weighted by Crippen LogP contribution is -2.39. The fourth-order valence-electron chi connectivity index (χ4n) is 2.52. The smallest absolute Gasteiger partial charge is 0.191 e. The van der Waals surface area contributed by atoms with Crippen molar-refractivity contribution < 1.29 is 5.11 Å². The molecule has 1 aromatic rings. The van der Waals surface area contributed by atoms with Crippen LogP contribution in [0.2, 0.25) is 0 Å². The summed E-state index contributed by atoms with van der Waals surface area (Å²) in [5, 5.41) is 17.7. The summed E-state index contributed by atoms with van der Waals surface area (Å²) in [6.07, 6.45) is 7.17. The van der Waals surface area contributed by atoms with Crippen LogP contribution in [0.4, 0.5) is 11.6 Å². The van der Waals surface area contributed by atoms with Crippen LogP contribution in [0.5, 0.6) is 0 Å². The van der Waals surface area contributed by atoms with E-state index < -0.39 is 5.60 Å². The molecule has 1 saturated carbocycles. The number of thioether (sulfide) groups is 1. The standard InChI is InChI=1S/C14H24N4OS/c1-3-15-11-9-12(18-13(17-11)20-2)16-10-14(19)7-5-4-6-8-14/h9,19H,3-8,10H2,1-2H3,(H2,15,16,17,18). The molecule has 2 rings (SSSR count). The summed E-state index contributed by atoms with van der Waals surface area (Å²) in [5.41, 5.74) is -0.582. The molecule has 0 atom stereocenters. The third-order valence-corrected chi connectivity index (χ3v) is 4.18. The molecule has 0 aromatic carbocycles. The topological polar surface area (TPSA) is 70.1 Å². The molecular formula is C14H24N4OS. The van der Waals surface area contributed by atoms with Crippen molar-refractivity contribution in [2.24, 2.45) is 0 Å². The third kappa shape index (κ3) is 4.24. The van der Waals surface area contributed by atoms with Crippen molar-refractivity contribution in [2.75, 3.05) is 30.0 Å². The van der Waals surface area contributed by atoms with E-state index in [-0.39, 0.29) is 0 Å². The van der Waals surface area contributed by atoms with E-state index in [2.05, 4.69) is 20.6 Å². The summed E-state index contributed by atoms with van der Waals surface area (Å²) in [6, 6.07) is 1.90. The van der Waals surface area contributed by atoms with Gasteiger partial charge in [0.05, 0.1) is 5.60 Å². The number of nitrogens with zero attached hydrogens (tertiary/aromatic N) is 2. The first kappa shape index (κ1) is 15.4. The van der Waals surface area contributed by atoms with Gasteiger partial charge in [-0.25, -0.2) is 9.97 Å². The number of hydrogen-bond acceptors (Lipinski definition) is 6. The molecule has 3 N–H and O–H groups in total. The van der Waals surface area contributed by atoms with Gasteiger partial charge >= 0.3 is 0 Å². The molecule has 0 bridgehead atoms. The maximum atomic E-state index is 10.5. The van der Waals surface area contributed by atoms with Gasteiger partial charge in [-0.2, -0.15) is 0 Å². The van der Waals surface area contributed by atoms with Crippen LogP contribution < -0.4 is 10.6 Å². The van der Waals surface area contributed by atoms with Gasteiger partial charge in [-0.05, 0) is 26.0 Å². The molecule has 1 heterocycles. The highest BCUT2D eigenvalue weighted by molar-refractivity contribution is 7.98. The van der Waals surface area contributed by atoms with E-state index >= 15 is 0 Å². The molecule has 20 heavy (non-hydrogen) atoms. The first-order chi connectivity index (χ1) is 9.65. The lowest BCUT2D eigenvalue weighted by atomic mass is 9.85. The van der Waals surface area contributed by atoms with Crippen molar-refractivity contribution in [1.29, 1.82) is 0 Å². The minimum absolute atomic E-state index is 0.559. The lowest BCUT2D eigenvalue weighted by Gasteiger charge is -2.32. The number of aromatic nitrogens is 2. The van der Waals surface area contributed by atoms with E-state index in [0.29, 0.717) is 6.54 Å². The molecule has 112 valence electrons. The first-order valence-electron chi connectivity index (χ1n) is 7.28. The molecule has 1 aliphatic rings. The number of hydrogen-bond donors (Lipinski definition) is 3. The van der Waals surface area contributed by atoms with E-state index in [0.717, 1.165) is 49.0 Å². The Morgan fingerprint density at radius 2 is 1.85 bits per heavy atom. The minimum atomic E-state index is -0.582. The summed E-state index contributed by atoms with van der Waals surface area (Å²) < 4.78 is 0. The van der Waals surface area contributed by atoms with E-state index in [1.807, 2.05) is 19.2 Å². The normalized spacial score (nSPS) is 17.8. The number of aliphatic hydroxyl groups is 1. The molecule has 0 unspecified atom stereocenters. The summed E-state index contributed by atoms with van der Waals surface area (Å²) in [6.45, 7) is 3.43. The van der Waals surface area contributed by atoms with Crippen LogP contribution in [0.25, 0.3) is 0 Å². The SMILES string of the molecule is CCNc1cc(NCC2(O)CCCCC2)nc(SC)n1. The highest BCUT2D eigenvalue weighted by Crippen LogP contribution is 2.28. The van der Waals surface area contributed by atoms with Crippen LogP contribution in [0.1, 0.15) is 39.0 Å². The van der Waals surface area contributed by atoms with Crippen molar-refractivity contribution in [2.45, 2.75) is 49.8 Å². The van der Waals surface area contributed by atoms with Crippen LogP contribution in [0, 0.1) is 0 Å². The minimum Gasteiger partial charge on any atom is -0.388 e. The zero-order chi connectivity index (χ0) is 14.4. The molecule has 6 heteroatoms. The van der Waals surface area contributed by atoms with Crippen LogP contribution >= 0.6 is 11.8 Å². The van der Waals surface area contributed by atoms with Gasteiger partial charge in [0.15, 0.2) is 5.16 Å². The van der Waals surface area contributed by atoms with Crippen LogP contribution in [-0.2, 0) is 0 Å². The predicted molar refractivity (Wildman–Crippen MR) is 84.5 cm³/mol. The maximum Gasteiger partial charge on any atom is 0.191 e. The van der Waals surface area contributed by atoms with Gasteiger partial charge in [-0.15, -0.1) is 0 Å². The zero-order valence-electron chi connectivity index (χ0n) is 12.3. The second-order valence-corrected chi connectivity index (χ2v) is 6.07. The average Bonchev–Trinajstić information content (AvgIpc) is 2.46. The molecule has 0 radical (unpaired) electrons. The van der Waals surface area contributed by atoms with Crippen molar-refractivity contribution >= 4 is 23.4 Å². The lowest BCUT2D eigenvalue weighted by molar-refractivity contribution is 0.0166. The molecule has 0 aliphatic heterocycles. The Hall–Kier alpha value is -1.01. The molecular weight excluding hydrogens is 272 g/mol. The number of rotatable bonds is 6. The average molecular weight is 296 g/mol. The van der Waals surface area contributed by atoms with Crippen molar-refractivity contribution in [3.05, 3.63) is 6.07 Å². The third-order valence-electron chi connectivity index (χ3n) is 3.63. The van der Waals surface area contributed by atoms with Gasteiger partial charge in [0.25, 0.3) is 0 Å². The monoisotopic (exact) mass is 296 g/mol. The molecule has 0 amide bonds. The van der Waals surface area contributed by atoms with Gasteiger partial charge in [0.1, 0.15) is 11.6 Å². The number of nitrogens with one attached hydrogen (secondary N) is 2. The molecule has 0 saturated heterocycles. The largest absolute Gasteiger partial charge is 0.388 e. The summed E-state index contributed by atoms with van der Waals surface area (Å²) in [7, 11) is 0. The van der Waals surface area contributed by atoms with Gasteiger partial charge in [-0.1, -0.05) is 31.0 Å². The Morgan fingerprint density at radius 3 is 2.45 bits per heavy atom. The van der Waals surface area contributed by atoms with Gasteiger partial charge < -0.3 is 15.7 Å². The Labute approximate surface area is 125 Å². The van der Waals surface area contributed by atoms with Gasteiger partial charge in [-0.3, -0.25) is 0 Å². The quantitative estimate of drug-likeness (QED) is 0.554. The maximum absolute atomic E-state index is 10.5. The molecule has 1 aliphatic carbocycles. The van der Waals surface area contributed by atoms with Gasteiger partial charge in [0.2, 0.25) is 0 Å². The summed E-state index contributed by atoms with van der Waals surface area (Å²) in [5.74, 6) is 1.60. The summed E-state index contributed by atoms with van der Waals surface area (Å²) in [4.78, 5) is 8.83. The van der Waals surface area contributed by atoms with E-state index in [4.69, 9.17) is 0 Å². The fourth-order valence-corrected chi connectivity index (χ4v) is 2.90. The van der Waals surface area contributed by atoms with Crippen LogP contribution in [0.15, 0.2) is 11.2 Å². The molecule has 1 aromatic heterocycles. The predicted octanol–water partition coefficient (Wildman–Crippen LogP) is 2.74. The van der Waals surface area contributed by atoms with Crippen molar-refractivity contribution in [3.8, 4) is 0 Å². The molecule has 0 spiro atoms. The highest BCUT2D eigenvalue weighted by Gasteiger charge is 2.28. The second-order valence-electron chi connectivity index (χ2n) is 5.29. The Balaban J connectivity index is 2.02. The van der Waals surface area contributed by atoms with E-state index in [1.165, 1.54) is 18.2 Å². The molecule has 1 fully saturated rings. The van der Waals surface area contributed by atoms with Crippen LogP contribution in [0.3, 0.4) is 0 Å². The zero-order valence-corrected chi connectivity index (χ0v) is 13.1. The summed E-state index contributed by atoms with van der Waals surface area (Å²) >= 11 is 1.52. The molecule has 5 nitrogen and oxygen atoms in total. The number of anilines is 2. The Kier molecular flexibility index (Phi) is 5.48. The van der Waals surface area contributed by atoms with Crippen LogP contribution in [-0.4, -0.2) is 40.0 Å². The fraction of sp³-hybridized carbons (Fsp3) is 0.714. The van der Waals surface area contributed by atoms with Gasteiger partial charge in [0, 0.05) is 19.2 Å². The Bertz CT molecular complexity index is 435. The van der Waals surface area contributed by atoms with Crippen molar-refractivity contribution in [1.82, 2.24) is 9.97 Å².